The monoisotopic (exact) mass is 420 g/mol. The Balaban J connectivity index is 1.62. The van der Waals surface area contributed by atoms with Gasteiger partial charge in [0.1, 0.15) is 17.3 Å². The van der Waals surface area contributed by atoms with Crippen LogP contribution in [0.25, 0.3) is 22.2 Å². The number of hydrogen-bond acceptors (Lipinski definition) is 7. The number of Topliss-reactive ketones (excluding diaryl/α,β-unsaturated/α-hetero) is 1. The maximum Gasteiger partial charge on any atom is 0.287 e. The number of nitrogens with two attached hydrogens (primary N) is 1. The Morgan fingerprint density at radius 2 is 1.77 bits per heavy atom. The van der Waals surface area contributed by atoms with Crippen LogP contribution in [0.3, 0.4) is 0 Å². The van der Waals surface area contributed by atoms with Crippen LogP contribution >= 0.6 is 11.7 Å². The molecule has 9 heteroatoms. The summed E-state index contributed by atoms with van der Waals surface area (Å²) in [6, 6.07) is 15.2. The molecule has 0 fully saturated rings. The Morgan fingerprint density at radius 3 is 2.53 bits per heavy atom. The maximum atomic E-state index is 12.9. The molecule has 2 aromatic carbocycles. The third kappa shape index (κ3) is 3.83. The van der Waals surface area contributed by atoms with E-state index in [0.29, 0.717) is 16.8 Å². The zero-order valence-corrected chi connectivity index (χ0v) is 16.4. The predicted octanol–water partition coefficient (Wildman–Crippen LogP) is 2.35. The van der Waals surface area contributed by atoms with Gasteiger partial charge in [-0.25, -0.2) is 0 Å². The molecule has 0 bridgehead atoms. The standard InChI is InChI=1S/C21H16N4O4S/c22-20(27)19(26)15(10-13-11-29-16-9-5-4-8-14(13)16)23-21(28)18-17(24-30-25-18)12-6-2-1-3-7-12/h1-9,11,15H,10H2,(H2,22,27)(H,23,28). The first kappa shape index (κ1) is 19.5. The van der Waals surface area contributed by atoms with Crippen molar-refractivity contribution in [2.75, 3.05) is 0 Å². The largest absolute Gasteiger partial charge is 0.464 e. The van der Waals surface area contributed by atoms with E-state index >= 15 is 0 Å². The Labute approximate surface area is 175 Å². The molecule has 4 aromatic rings. The molecule has 2 amide bonds. The SMILES string of the molecule is NC(=O)C(=O)C(Cc1coc2ccccc12)NC(=O)c1nsnc1-c1ccccc1. The van der Waals surface area contributed by atoms with Crippen LogP contribution in [0.1, 0.15) is 16.1 Å². The summed E-state index contributed by atoms with van der Waals surface area (Å²) in [6.07, 6.45) is 1.54. The predicted molar refractivity (Wildman–Crippen MR) is 111 cm³/mol. The van der Waals surface area contributed by atoms with E-state index in [9.17, 15) is 14.4 Å². The number of primary amides is 1. The molecule has 0 saturated carbocycles. The molecular formula is C21H16N4O4S. The van der Waals surface area contributed by atoms with Crippen molar-refractivity contribution in [1.29, 1.82) is 0 Å². The molecule has 150 valence electrons. The number of carbonyl (C=O) groups excluding carboxylic acids is 3. The molecule has 1 atom stereocenters. The lowest BCUT2D eigenvalue weighted by atomic mass is 10.0. The van der Waals surface area contributed by atoms with Crippen molar-refractivity contribution in [2.45, 2.75) is 12.5 Å². The number of nitrogens with zero attached hydrogens (tertiary/aromatic N) is 2. The van der Waals surface area contributed by atoms with Crippen LogP contribution in [0.5, 0.6) is 0 Å². The minimum atomic E-state index is -1.17. The molecule has 4 rings (SSSR count). The number of para-hydroxylation sites is 1. The molecule has 2 heterocycles. The number of benzene rings is 2. The van der Waals surface area contributed by atoms with Crippen molar-refractivity contribution in [3.05, 3.63) is 72.1 Å². The quantitative estimate of drug-likeness (QED) is 0.442. The minimum absolute atomic E-state index is 0.0444. The van der Waals surface area contributed by atoms with Gasteiger partial charge >= 0.3 is 0 Å². The number of ketones is 1. The number of furan rings is 1. The van der Waals surface area contributed by atoms with Gasteiger partial charge < -0.3 is 15.5 Å². The summed E-state index contributed by atoms with van der Waals surface area (Å²) < 4.78 is 13.7. The highest BCUT2D eigenvalue weighted by molar-refractivity contribution is 6.99. The lowest BCUT2D eigenvalue weighted by Crippen LogP contribution is -2.47. The zero-order valence-electron chi connectivity index (χ0n) is 15.6. The third-order valence-corrected chi connectivity index (χ3v) is 5.13. The number of nitrogens with one attached hydrogen (secondary N) is 1. The number of carbonyl (C=O) groups is 3. The fourth-order valence-electron chi connectivity index (χ4n) is 3.14. The number of rotatable bonds is 7. The molecule has 8 nitrogen and oxygen atoms in total. The van der Waals surface area contributed by atoms with Crippen molar-refractivity contribution in [3.63, 3.8) is 0 Å². The Bertz CT molecular complexity index is 1230. The fraction of sp³-hybridized carbons (Fsp3) is 0.0952. The van der Waals surface area contributed by atoms with E-state index in [2.05, 4.69) is 14.1 Å². The average molecular weight is 420 g/mol. The molecule has 30 heavy (non-hydrogen) atoms. The van der Waals surface area contributed by atoms with Crippen LogP contribution in [-0.4, -0.2) is 32.4 Å². The van der Waals surface area contributed by atoms with Gasteiger partial charge in [0.15, 0.2) is 5.69 Å². The fourth-order valence-corrected chi connectivity index (χ4v) is 3.71. The van der Waals surface area contributed by atoms with Crippen LogP contribution in [0.2, 0.25) is 0 Å². The van der Waals surface area contributed by atoms with Gasteiger partial charge in [0.25, 0.3) is 11.8 Å². The van der Waals surface area contributed by atoms with E-state index in [1.54, 1.807) is 18.2 Å². The second-order valence-corrected chi connectivity index (χ2v) is 7.07. The average Bonchev–Trinajstić information content (AvgIpc) is 3.41. The highest BCUT2D eigenvalue weighted by atomic mass is 32.1. The second kappa shape index (κ2) is 8.26. The molecule has 0 aliphatic rings. The number of amides is 2. The van der Waals surface area contributed by atoms with E-state index in [0.717, 1.165) is 22.7 Å². The van der Waals surface area contributed by atoms with Gasteiger partial charge in [0.05, 0.1) is 18.0 Å². The Morgan fingerprint density at radius 1 is 1.03 bits per heavy atom. The zero-order chi connectivity index (χ0) is 21.1. The van der Waals surface area contributed by atoms with Crippen LogP contribution in [0, 0.1) is 0 Å². The number of hydrogen-bond donors (Lipinski definition) is 2. The van der Waals surface area contributed by atoms with Crippen molar-refractivity contribution in [2.24, 2.45) is 5.73 Å². The number of fused-ring (bicyclic) bond motifs is 1. The molecule has 1 unspecified atom stereocenters. The van der Waals surface area contributed by atoms with Crippen molar-refractivity contribution >= 4 is 40.3 Å². The van der Waals surface area contributed by atoms with E-state index in [1.165, 1.54) is 6.26 Å². The van der Waals surface area contributed by atoms with E-state index in [1.807, 2.05) is 36.4 Å². The second-order valence-electron chi connectivity index (χ2n) is 6.54. The summed E-state index contributed by atoms with van der Waals surface area (Å²) >= 11 is 0.886. The van der Waals surface area contributed by atoms with Crippen molar-refractivity contribution < 1.29 is 18.8 Å². The van der Waals surface area contributed by atoms with Gasteiger partial charge in [-0.3, -0.25) is 14.4 Å². The maximum absolute atomic E-state index is 12.9. The van der Waals surface area contributed by atoms with Gasteiger partial charge in [-0.2, -0.15) is 8.75 Å². The smallest absolute Gasteiger partial charge is 0.287 e. The molecule has 2 aromatic heterocycles. The highest BCUT2D eigenvalue weighted by Gasteiger charge is 2.29. The van der Waals surface area contributed by atoms with E-state index in [-0.39, 0.29) is 12.1 Å². The molecule has 3 N–H and O–H groups in total. The molecule has 0 aliphatic carbocycles. The van der Waals surface area contributed by atoms with E-state index in [4.69, 9.17) is 10.2 Å². The summed E-state index contributed by atoms with van der Waals surface area (Å²) in [5.74, 6) is -2.65. The van der Waals surface area contributed by atoms with Crippen LogP contribution in [0.4, 0.5) is 0 Å². The summed E-state index contributed by atoms with van der Waals surface area (Å²) in [5, 5.41) is 3.37. The van der Waals surface area contributed by atoms with Gasteiger partial charge in [0.2, 0.25) is 5.78 Å². The van der Waals surface area contributed by atoms with Crippen LogP contribution in [-0.2, 0) is 16.0 Å². The van der Waals surface area contributed by atoms with Crippen molar-refractivity contribution in [3.8, 4) is 11.3 Å². The van der Waals surface area contributed by atoms with Crippen molar-refractivity contribution in [1.82, 2.24) is 14.1 Å². The summed E-state index contributed by atoms with van der Waals surface area (Å²) in [5.41, 5.74) is 7.71. The number of aromatic nitrogens is 2. The molecular weight excluding hydrogens is 404 g/mol. The Kier molecular flexibility index (Phi) is 5.36. The van der Waals surface area contributed by atoms with Gasteiger partial charge in [0, 0.05) is 22.9 Å². The van der Waals surface area contributed by atoms with Gasteiger partial charge in [-0.1, -0.05) is 48.5 Å². The lowest BCUT2D eigenvalue weighted by molar-refractivity contribution is -0.137. The summed E-state index contributed by atoms with van der Waals surface area (Å²) in [7, 11) is 0. The first-order valence-electron chi connectivity index (χ1n) is 9.02. The lowest BCUT2D eigenvalue weighted by Gasteiger charge is -2.15. The van der Waals surface area contributed by atoms with Crippen LogP contribution < -0.4 is 11.1 Å². The molecule has 0 aliphatic heterocycles. The van der Waals surface area contributed by atoms with E-state index < -0.39 is 23.6 Å². The topological polar surface area (TPSA) is 128 Å². The normalized spacial score (nSPS) is 11.9. The highest BCUT2D eigenvalue weighted by Crippen LogP contribution is 2.24. The molecule has 0 radical (unpaired) electrons. The molecule has 0 saturated heterocycles. The Hall–Kier alpha value is -3.85. The minimum Gasteiger partial charge on any atom is -0.464 e. The first-order chi connectivity index (χ1) is 14.5. The van der Waals surface area contributed by atoms with Gasteiger partial charge in [-0.15, -0.1) is 0 Å². The summed E-state index contributed by atoms with van der Waals surface area (Å²) in [4.78, 5) is 36.9. The third-order valence-electron chi connectivity index (χ3n) is 4.60. The molecule has 0 spiro atoms. The first-order valence-corrected chi connectivity index (χ1v) is 9.75. The van der Waals surface area contributed by atoms with Crippen LogP contribution in [0.15, 0.2) is 65.3 Å². The summed E-state index contributed by atoms with van der Waals surface area (Å²) in [6.45, 7) is 0. The van der Waals surface area contributed by atoms with Gasteiger partial charge in [-0.05, 0) is 6.07 Å².